The zero-order chi connectivity index (χ0) is 24.8. The third-order valence-electron chi connectivity index (χ3n) is 5.35. The van der Waals surface area contributed by atoms with E-state index in [2.05, 4.69) is 20.7 Å². The molecule has 0 radical (unpaired) electrons. The number of nitrogens with zero attached hydrogens (tertiary/aromatic N) is 3. The number of fused-ring (bicyclic) bond motifs is 1. The van der Waals surface area contributed by atoms with Gasteiger partial charge in [0.25, 0.3) is 5.91 Å². The second-order valence-corrected chi connectivity index (χ2v) is 8.19. The first-order valence-corrected chi connectivity index (χ1v) is 9.94. The number of rotatable bonds is 6. The molecular weight excluding hydrogens is 396 g/mol. The average molecular weight is 426 g/mol. The standard InChI is InChI=1S/C22H26N6O3/c1-12-14(22(2,3)31)8-10-28-18(12)16(11-25-28)26-15-7-9-24-19(17(15)21(30)23-4)27-20(29)13-5-6-13/h7-11,13,31H,5-6H2,1-4H3,(H,23,30)(H2,24,26,27,29)/i4D3. The maximum absolute atomic E-state index is 13.0. The molecule has 1 aliphatic carbocycles. The molecule has 3 aromatic heterocycles. The van der Waals surface area contributed by atoms with Gasteiger partial charge in [-0.15, -0.1) is 0 Å². The monoisotopic (exact) mass is 425 g/mol. The molecule has 0 spiro atoms. The van der Waals surface area contributed by atoms with Crippen LogP contribution in [0.5, 0.6) is 0 Å². The van der Waals surface area contributed by atoms with Crippen LogP contribution in [0.1, 0.15) is 52.3 Å². The first-order chi connectivity index (χ1) is 15.8. The zero-order valence-corrected chi connectivity index (χ0v) is 17.5. The normalized spacial score (nSPS) is 15.7. The van der Waals surface area contributed by atoms with Gasteiger partial charge >= 0.3 is 0 Å². The molecule has 1 fully saturated rings. The Kier molecular flexibility index (Phi) is 4.26. The van der Waals surface area contributed by atoms with Gasteiger partial charge in [-0.05, 0) is 56.9 Å². The predicted molar refractivity (Wildman–Crippen MR) is 117 cm³/mol. The van der Waals surface area contributed by atoms with E-state index in [9.17, 15) is 14.7 Å². The summed E-state index contributed by atoms with van der Waals surface area (Å²) in [5.74, 6) is -1.35. The van der Waals surface area contributed by atoms with Crippen molar-refractivity contribution in [2.45, 2.75) is 39.2 Å². The van der Waals surface area contributed by atoms with Crippen LogP contribution in [0.3, 0.4) is 0 Å². The van der Waals surface area contributed by atoms with E-state index in [0.29, 0.717) is 16.8 Å². The van der Waals surface area contributed by atoms with E-state index in [1.807, 2.05) is 12.2 Å². The van der Waals surface area contributed by atoms with Crippen LogP contribution in [-0.2, 0) is 10.4 Å². The van der Waals surface area contributed by atoms with Gasteiger partial charge in [0, 0.05) is 29.4 Å². The molecule has 0 aromatic carbocycles. The summed E-state index contributed by atoms with van der Waals surface area (Å²) in [5.41, 5.74) is 1.72. The largest absolute Gasteiger partial charge is 0.386 e. The Bertz CT molecular complexity index is 1280. The fraction of sp³-hybridized carbons (Fsp3) is 0.364. The average Bonchev–Trinajstić information content (AvgIpc) is 3.48. The first-order valence-electron chi connectivity index (χ1n) is 11.4. The van der Waals surface area contributed by atoms with Crippen molar-refractivity contribution in [3.05, 3.63) is 47.4 Å². The Morgan fingerprint density at radius 3 is 2.74 bits per heavy atom. The van der Waals surface area contributed by atoms with Crippen LogP contribution in [0, 0.1) is 12.8 Å². The van der Waals surface area contributed by atoms with Gasteiger partial charge < -0.3 is 21.1 Å². The summed E-state index contributed by atoms with van der Waals surface area (Å²) < 4.78 is 23.9. The summed E-state index contributed by atoms with van der Waals surface area (Å²) in [4.78, 5) is 29.4. The van der Waals surface area contributed by atoms with Gasteiger partial charge in [-0.25, -0.2) is 9.50 Å². The maximum atomic E-state index is 13.0. The molecule has 4 N–H and O–H groups in total. The molecule has 2 amide bonds. The highest BCUT2D eigenvalue weighted by atomic mass is 16.3. The number of aliphatic hydroxyl groups is 1. The summed E-state index contributed by atoms with van der Waals surface area (Å²) in [6.07, 6.45) is 6.21. The van der Waals surface area contributed by atoms with Crippen molar-refractivity contribution in [3.63, 3.8) is 0 Å². The SMILES string of the molecule is [2H]C([2H])([2H])NC(=O)c1c(Nc2cnn3ccc(C(C)(C)O)c(C)c23)ccnc1NC(=O)C1CC1. The molecule has 9 heteroatoms. The van der Waals surface area contributed by atoms with Gasteiger partial charge in [0.05, 0.1) is 28.7 Å². The molecular formula is C22H26N6O3. The molecule has 9 nitrogen and oxygen atoms in total. The number of hydrogen-bond acceptors (Lipinski definition) is 6. The number of aromatic nitrogens is 3. The lowest BCUT2D eigenvalue weighted by Gasteiger charge is -2.21. The second-order valence-electron chi connectivity index (χ2n) is 8.19. The fourth-order valence-electron chi connectivity index (χ4n) is 3.66. The van der Waals surface area contributed by atoms with E-state index in [4.69, 9.17) is 4.11 Å². The smallest absolute Gasteiger partial charge is 0.256 e. The highest BCUT2D eigenvalue weighted by Gasteiger charge is 2.31. The van der Waals surface area contributed by atoms with E-state index >= 15 is 0 Å². The molecule has 0 unspecified atom stereocenters. The number of hydrogen-bond donors (Lipinski definition) is 4. The van der Waals surface area contributed by atoms with Crippen molar-refractivity contribution in [2.75, 3.05) is 17.6 Å². The molecule has 0 bridgehead atoms. The Morgan fingerprint density at radius 2 is 2.06 bits per heavy atom. The Hall–Kier alpha value is -3.46. The molecule has 31 heavy (non-hydrogen) atoms. The zero-order valence-electron chi connectivity index (χ0n) is 20.5. The Morgan fingerprint density at radius 1 is 1.29 bits per heavy atom. The molecule has 4 rings (SSSR count). The molecule has 0 atom stereocenters. The van der Waals surface area contributed by atoms with Crippen molar-refractivity contribution >= 4 is 34.5 Å². The molecule has 3 aromatic rings. The van der Waals surface area contributed by atoms with Crippen molar-refractivity contribution < 1.29 is 18.8 Å². The number of carbonyl (C=O) groups excluding carboxylic acids is 2. The Labute approximate surface area is 184 Å². The van der Waals surface area contributed by atoms with Gasteiger partial charge in [0.1, 0.15) is 11.4 Å². The highest BCUT2D eigenvalue weighted by molar-refractivity contribution is 6.08. The van der Waals surface area contributed by atoms with E-state index in [1.54, 1.807) is 36.8 Å². The summed E-state index contributed by atoms with van der Waals surface area (Å²) in [6.45, 7) is 2.49. The van der Waals surface area contributed by atoms with E-state index in [-0.39, 0.29) is 28.9 Å². The molecule has 162 valence electrons. The quantitative estimate of drug-likeness (QED) is 0.482. The van der Waals surface area contributed by atoms with Crippen molar-refractivity contribution in [2.24, 2.45) is 5.92 Å². The number of pyridine rings is 2. The summed E-state index contributed by atoms with van der Waals surface area (Å²) in [7, 11) is 0. The first kappa shape index (κ1) is 17.2. The minimum absolute atomic E-state index is 0.0333. The summed E-state index contributed by atoms with van der Waals surface area (Å²) >= 11 is 0. The third-order valence-corrected chi connectivity index (χ3v) is 5.35. The van der Waals surface area contributed by atoms with E-state index in [0.717, 1.165) is 18.4 Å². The number of amides is 2. The van der Waals surface area contributed by atoms with Gasteiger partial charge in [-0.3, -0.25) is 9.59 Å². The van der Waals surface area contributed by atoms with Crippen LogP contribution in [0.25, 0.3) is 5.52 Å². The third kappa shape index (κ3) is 3.96. The maximum Gasteiger partial charge on any atom is 0.256 e. The molecule has 3 heterocycles. The summed E-state index contributed by atoms with van der Waals surface area (Å²) in [5, 5.41) is 22.6. The predicted octanol–water partition coefficient (Wildman–Crippen LogP) is 2.72. The van der Waals surface area contributed by atoms with Gasteiger partial charge in [0.2, 0.25) is 5.91 Å². The molecule has 1 aliphatic rings. The van der Waals surface area contributed by atoms with Crippen LogP contribution in [0.15, 0.2) is 30.7 Å². The van der Waals surface area contributed by atoms with Crippen LogP contribution in [-0.4, -0.2) is 38.5 Å². The fourth-order valence-corrected chi connectivity index (χ4v) is 3.66. The summed E-state index contributed by atoms with van der Waals surface area (Å²) in [6, 6.07) is 3.30. The topological polar surface area (TPSA) is 121 Å². The van der Waals surface area contributed by atoms with Crippen LogP contribution in [0.4, 0.5) is 17.2 Å². The minimum atomic E-state index is -2.73. The number of anilines is 3. The molecule has 1 saturated carbocycles. The lowest BCUT2D eigenvalue weighted by Crippen LogP contribution is -2.24. The van der Waals surface area contributed by atoms with Crippen LogP contribution >= 0.6 is 0 Å². The van der Waals surface area contributed by atoms with Crippen LogP contribution in [0.2, 0.25) is 0 Å². The Balaban J connectivity index is 1.79. The van der Waals surface area contributed by atoms with Gasteiger partial charge in [0.15, 0.2) is 0 Å². The van der Waals surface area contributed by atoms with E-state index < -0.39 is 18.5 Å². The van der Waals surface area contributed by atoms with Crippen molar-refractivity contribution in [1.82, 2.24) is 19.9 Å². The second kappa shape index (κ2) is 7.66. The van der Waals surface area contributed by atoms with Crippen molar-refractivity contribution in [3.8, 4) is 0 Å². The van der Waals surface area contributed by atoms with Gasteiger partial charge in [-0.2, -0.15) is 5.10 Å². The minimum Gasteiger partial charge on any atom is -0.386 e. The highest BCUT2D eigenvalue weighted by Crippen LogP contribution is 2.34. The lowest BCUT2D eigenvalue weighted by molar-refractivity contribution is -0.117. The van der Waals surface area contributed by atoms with E-state index in [1.165, 1.54) is 12.3 Å². The number of nitrogens with one attached hydrogen (secondary N) is 3. The number of aryl methyl sites for hydroxylation is 1. The van der Waals surface area contributed by atoms with Crippen molar-refractivity contribution in [1.29, 1.82) is 0 Å². The molecule has 0 aliphatic heterocycles. The molecule has 0 saturated heterocycles. The lowest BCUT2D eigenvalue weighted by atomic mass is 9.94. The van der Waals surface area contributed by atoms with Gasteiger partial charge in [-0.1, -0.05) is 0 Å². The number of carbonyl (C=O) groups is 2. The van der Waals surface area contributed by atoms with Crippen LogP contribution < -0.4 is 16.0 Å².